The Morgan fingerprint density at radius 2 is 1.79 bits per heavy atom. The molecule has 1 aromatic carbocycles. The van der Waals surface area contributed by atoms with Crippen LogP contribution in [0.25, 0.3) is 5.69 Å². The number of fused-ring (bicyclic) bond motifs is 4. The summed E-state index contributed by atoms with van der Waals surface area (Å²) in [6.45, 7) is 5.18. The number of amides is 1. The Bertz CT molecular complexity index is 1680. The number of alkyl halides is 3. The number of carbonyl (C=O) groups excluding carboxylic acids is 1. The summed E-state index contributed by atoms with van der Waals surface area (Å²) < 4.78 is 45.3. The summed E-state index contributed by atoms with van der Waals surface area (Å²) in [4.78, 5) is 37.1. The standard InChI is InChI=1S/C28H26F3N7O3S/c1-16-10-17(2)33-27(32-16)42-15-23-25(34-35-38(23)20-6-8-21(9-7-20)41-28(29,30)31)26(40)36-12-18-11-19(14-36)22-4-3-5-24(39)37(22)13-18/h3-10,18-19H,11-15H2,1-2H3. The van der Waals surface area contributed by atoms with Gasteiger partial charge in [0.05, 0.1) is 11.4 Å². The second-order valence-corrected chi connectivity index (χ2v) is 11.4. The predicted molar refractivity (Wildman–Crippen MR) is 147 cm³/mol. The van der Waals surface area contributed by atoms with Crippen molar-refractivity contribution in [1.29, 1.82) is 0 Å². The normalized spacial score (nSPS) is 18.1. The number of nitrogens with zero attached hydrogens (tertiary/aromatic N) is 7. The highest BCUT2D eigenvalue weighted by Gasteiger charge is 2.38. The van der Waals surface area contributed by atoms with Crippen LogP contribution in [-0.4, -0.2) is 59.8 Å². The molecule has 1 fully saturated rings. The Balaban J connectivity index is 1.31. The van der Waals surface area contributed by atoms with Gasteiger partial charge in [0.2, 0.25) is 0 Å². The van der Waals surface area contributed by atoms with Crippen molar-refractivity contribution in [3.05, 3.63) is 87.4 Å². The van der Waals surface area contributed by atoms with Gasteiger partial charge >= 0.3 is 6.36 Å². The lowest BCUT2D eigenvalue weighted by Gasteiger charge is -2.42. The first kappa shape index (κ1) is 27.9. The zero-order chi connectivity index (χ0) is 29.6. The van der Waals surface area contributed by atoms with Gasteiger partial charge in [-0.2, -0.15) is 0 Å². The van der Waals surface area contributed by atoms with Gasteiger partial charge in [0.15, 0.2) is 10.9 Å². The second kappa shape index (κ2) is 10.9. The Kier molecular flexibility index (Phi) is 7.25. The Hall–Kier alpha value is -4.20. The van der Waals surface area contributed by atoms with Crippen molar-refractivity contribution in [2.24, 2.45) is 5.92 Å². The Morgan fingerprint density at radius 3 is 2.50 bits per heavy atom. The topological polar surface area (TPSA) is 108 Å². The number of hydrogen-bond acceptors (Lipinski definition) is 8. The molecule has 2 atom stereocenters. The Labute approximate surface area is 242 Å². The Morgan fingerprint density at radius 1 is 1.05 bits per heavy atom. The summed E-state index contributed by atoms with van der Waals surface area (Å²) in [6, 6.07) is 12.3. The molecular weight excluding hydrogens is 571 g/mol. The van der Waals surface area contributed by atoms with E-state index < -0.39 is 6.36 Å². The minimum absolute atomic E-state index is 0.0214. The number of thioether (sulfide) groups is 1. The second-order valence-electron chi connectivity index (χ2n) is 10.5. The van der Waals surface area contributed by atoms with E-state index >= 15 is 0 Å². The molecule has 2 aliphatic heterocycles. The molecule has 4 aromatic rings. The summed E-state index contributed by atoms with van der Waals surface area (Å²) in [5.74, 6) is -0.291. The van der Waals surface area contributed by atoms with E-state index in [-0.39, 0.29) is 40.5 Å². The molecule has 2 unspecified atom stereocenters. The van der Waals surface area contributed by atoms with E-state index in [2.05, 4.69) is 25.0 Å². The molecule has 2 aliphatic rings. The van der Waals surface area contributed by atoms with E-state index in [0.29, 0.717) is 36.2 Å². The fourth-order valence-electron chi connectivity index (χ4n) is 5.70. The van der Waals surface area contributed by atoms with Gasteiger partial charge in [-0.1, -0.05) is 23.0 Å². The van der Waals surface area contributed by atoms with Crippen molar-refractivity contribution in [3.63, 3.8) is 0 Å². The maximum atomic E-state index is 14.0. The number of pyridine rings is 1. The predicted octanol–water partition coefficient (Wildman–Crippen LogP) is 4.29. The van der Waals surface area contributed by atoms with E-state index in [1.807, 2.05) is 26.0 Å². The van der Waals surface area contributed by atoms with E-state index in [9.17, 15) is 22.8 Å². The van der Waals surface area contributed by atoms with E-state index in [1.165, 1.54) is 40.7 Å². The number of piperidine rings is 1. The van der Waals surface area contributed by atoms with E-state index in [1.54, 1.807) is 21.6 Å². The van der Waals surface area contributed by atoms with Gasteiger partial charge in [-0.05, 0) is 62.6 Å². The molecule has 0 spiro atoms. The first-order chi connectivity index (χ1) is 20.0. The highest BCUT2D eigenvalue weighted by atomic mass is 32.2. The van der Waals surface area contributed by atoms with Crippen LogP contribution in [0.3, 0.4) is 0 Å². The number of benzene rings is 1. The molecule has 10 nitrogen and oxygen atoms in total. The zero-order valence-electron chi connectivity index (χ0n) is 22.7. The SMILES string of the molecule is Cc1cc(C)nc(SCc2c(C(=O)N3CC4CC(C3)c3cccc(=O)n3C4)nnn2-c2ccc(OC(F)(F)F)cc2)n1. The summed E-state index contributed by atoms with van der Waals surface area (Å²) in [6.07, 6.45) is -3.93. The minimum atomic E-state index is -4.82. The van der Waals surface area contributed by atoms with Crippen LogP contribution in [0.15, 0.2) is 58.5 Å². The number of carbonyl (C=O) groups is 1. The lowest BCUT2D eigenvalue weighted by Crippen LogP contribution is -2.49. The average Bonchev–Trinajstić information content (AvgIpc) is 3.35. The number of rotatable bonds is 6. The molecule has 2 bridgehead atoms. The molecule has 42 heavy (non-hydrogen) atoms. The molecule has 5 heterocycles. The average molecular weight is 598 g/mol. The molecule has 0 radical (unpaired) electrons. The van der Waals surface area contributed by atoms with Crippen molar-refractivity contribution in [2.45, 2.75) is 50.0 Å². The van der Waals surface area contributed by atoms with Gasteiger partial charge in [0, 0.05) is 54.5 Å². The largest absolute Gasteiger partial charge is 0.573 e. The molecule has 14 heteroatoms. The van der Waals surface area contributed by atoms with Crippen molar-refractivity contribution >= 4 is 17.7 Å². The highest BCUT2D eigenvalue weighted by molar-refractivity contribution is 7.98. The van der Waals surface area contributed by atoms with Crippen molar-refractivity contribution in [1.82, 2.24) is 34.4 Å². The number of aromatic nitrogens is 6. The first-order valence-corrected chi connectivity index (χ1v) is 14.3. The summed E-state index contributed by atoms with van der Waals surface area (Å²) in [7, 11) is 0. The molecule has 6 rings (SSSR count). The molecule has 3 aromatic heterocycles. The minimum Gasteiger partial charge on any atom is -0.406 e. The van der Waals surface area contributed by atoms with Crippen molar-refractivity contribution < 1.29 is 22.7 Å². The van der Waals surface area contributed by atoms with Crippen LogP contribution in [0.5, 0.6) is 5.75 Å². The third kappa shape index (κ3) is 5.75. The van der Waals surface area contributed by atoms with Gasteiger partial charge in [-0.15, -0.1) is 18.3 Å². The summed E-state index contributed by atoms with van der Waals surface area (Å²) in [5, 5.41) is 9.00. The van der Waals surface area contributed by atoms with Gasteiger partial charge in [-0.3, -0.25) is 9.59 Å². The zero-order valence-corrected chi connectivity index (χ0v) is 23.5. The van der Waals surface area contributed by atoms with Gasteiger partial charge < -0.3 is 14.2 Å². The van der Waals surface area contributed by atoms with Crippen LogP contribution in [0.2, 0.25) is 0 Å². The van der Waals surface area contributed by atoms with Gasteiger partial charge in [-0.25, -0.2) is 14.6 Å². The highest BCUT2D eigenvalue weighted by Crippen LogP contribution is 2.36. The molecule has 0 N–H and O–H groups in total. The van der Waals surface area contributed by atoms with Crippen molar-refractivity contribution in [2.75, 3.05) is 13.1 Å². The van der Waals surface area contributed by atoms with Crippen molar-refractivity contribution in [3.8, 4) is 11.4 Å². The molecule has 218 valence electrons. The quantitative estimate of drug-likeness (QED) is 0.239. The summed E-state index contributed by atoms with van der Waals surface area (Å²) >= 11 is 1.31. The van der Waals surface area contributed by atoms with Crippen LogP contribution in [0.4, 0.5) is 13.2 Å². The molecule has 1 amide bonds. The third-order valence-corrected chi connectivity index (χ3v) is 8.21. The number of hydrogen-bond donors (Lipinski definition) is 0. The molecule has 1 saturated heterocycles. The van der Waals surface area contributed by atoms with Crippen LogP contribution in [0.1, 0.15) is 45.6 Å². The van der Waals surface area contributed by atoms with Crippen LogP contribution >= 0.6 is 11.8 Å². The molecule has 0 saturated carbocycles. The lowest BCUT2D eigenvalue weighted by molar-refractivity contribution is -0.274. The van der Waals surface area contributed by atoms with Crippen LogP contribution in [0, 0.1) is 19.8 Å². The van der Waals surface area contributed by atoms with Gasteiger partial charge in [0.1, 0.15) is 5.75 Å². The summed E-state index contributed by atoms with van der Waals surface area (Å²) in [5.41, 5.74) is 3.50. The third-order valence-electron chi connectivity index (χ3n) is 7.35. The maximum Gasteiger partial charge on any atom is 0.573 e. The number of halogens is 3. The maximum absolute atomic E-state index is 14.0. The number of likely N-dealkylation sites (tertiary alicyclic amines) is 1. The fourth-order valence-corrected chi connectivity index (χ4v) is 6.64. The van der Waals surface area contributed by atoms with Crippen LogP contribution < -0.4 is 10.3 Å². The number of ether oxygens (including phenoxy) is 1. The smallest absolute Gasteiger partial charge is 0.406 e. The van der Waals surface area contributed by atoms with Crippen LogP contribution in [-0.2, 0) is 12.3 Å². The molecular formula is C28H26F3N7O3S. The fraction of sp³-hybridized carbons (Fsp3) is 0.357. The van der Waals surface area contributed by atoms with E-state index in [4.69, 9.17) is 0 Å². The lowest BCUT2D eigenvalue weighted by atomic mass is 9.83. The molecule has 0 aliphatic carbocycles. The first-order valence-electron chi connectivity index (χ1n) is 13.3. The van der Waals surface area contributed by atoms with Gasteiger partial charge in [0.25, 0.3) is 11.5 Å². The van der Waals surface area contributed by atoms with E-state index in [0.717, 1.165) is 23.5 Å². The monoisotopic (exact) mass is 597 g/mol. The number of aryl methyl sites for hydroxylation is 2.